The van der Waals surface area contributed by atoms with Crippen molar-refractivity contribution in [1.29, 1.82) is 0 Å². The lowest BCUT2D eigenvalue weighted by molar-refractivity contribution is 0.0970. The first kappa shape index (κ1) is 11.5. The number of thioether (sulfide) groups is 1. The average molecular weight is 237 g/mol. The third-order valence-electron chi connectivity index (χ3n) is 2.93. The Balaban J connectivity index is 2.46. The number of pyridine rings is 1. The van der Waals surface area contributed by atoms with Crippen molar-refractivity contribution in [2.75, 3.05) is 12.0 Å². The molecule has 4 heteroatoms. The summed E-state index contributed by atoms with van der Waals surface area (Å²) >= 11 is 1.71. The van der Waals surface area contributed by atoms with Crippen LogP contribution in [0.2, 0.25) is 0 Å². The molecule has 1 aliphatic carbocycles. The van der Waals surface area contributed by atoms with E-state index < -0.39 is 0 Å². The van der Waals surface area contributed by atoms with E-state index in [9.17, 15) is 9.59 Å². The molecule has 0 spiro atoms. The van der Waals surface area contributed by atoms with Crippen LogP contribution in [0.1, 0.15) is 28.9 Å². The molecule has 0 radical (unpaired) electrons. The van der Waals surface area contributed by atoms with Gasteiger partial charge in [0.2, 0.25) is 0 Å². The molecule has 3 nitrogen and oxygen atoms in total. The van der Waals surface area contributed by atoms with Crippen LogP contribution in [-0.2, 0) is 13.0 Å². The molecule has 0 N–H and O–H groups in total. The van der Waals surface area contributed by atoms with Gasteiger partial charge in [0.1, 0.15) is 0 Å². The maximum absolute atomic E-state index is 11.7. The van der Waals surface area contributed by atoms with Crippen LogP contribution in [0.15, 0.2) is 16.9 Å². The predicted octanol–water partition coefficient (Wildman–Crippen LogP) is 1.73. The zero-order chi connectivity index (χ0) is 11.5. The first-order chi connectivity index (χ1) is 7.74. The van der Waals surface area contributed by atoms with Gasteiger partial charge in [-0.2, -0.15) is 11.8 Å². The Kier molecular flexibility index (Phi) is 3.49. The Morgan fingerprint density at radius 2 is 2.12 bits per heavy atom. The number of fused-ring (bicyclic) bond motifs is 1. The SMILES string of the molecule is CSCCn1c2c(ccc1=O)C(=O)CCC2. The van der Waals surface area contributed by atoms with Crippen molar-refractivity contribution in [2.24, 2.45) is 0 Å². The normalized spacial score (nSPS) is 14.9. The lowest BCUT2D eigenvalue weighted by Gasteiger charge is -2.19. The van der Waals surface area contributed by atoms with E-state index in [4.69, 9.17) is 0 Å². The second-order valence-electron chi connectivity index (χ2n) is 3.95. The van der Waals surface area contributed by atoms with E-state index in [-0.39, 0.29) is 11.3 Å². The fourth-order valence-electron chi connectivity index (χ4n) is 2.12. The minimum absolute atomic E-state index is 0.0162. The van der Waals surface area contributed by atoms with Gasteiger partial charge in [0.25, 0.3) is 5.56 Å². The Morgan fingerprint density at radius 1 is 1.31 bits per heavy atom. The fourth-order valence-corrected chi connectivity index (χ4v) is 2.49. The quantitative estimate of drug-likeness (QED) is 0.803. The molecule has 0 saturated heterocycles. The number of nitrogens with zero attached hydrogens (tertiary/aromatic N) is 1. The van der Waals surface area contributed by atoms with Crippen LogP contribution in [0.25, 0.3) is 0 Å². The van der Waals surface area contributed by atoms with Gasteiger partial charge in [-0.3, -0.25) is 9.59 Å². The highest BCUT2D eigenvalue weighted by Gasteiger charge is 2.20. The molecule has 0 aliphatic heterocycles. The molecule has 1 heterocycles. The van der Waals surface area contributed by atoms with Crippen LogP contribution in [-0.4, -0.2) is 22.4 Å². The smallest absolute Gasteiger partial charge is 0.250 e. The number of rotatable bonds is 3. The largest absolute Gasteiger partial charge is 0.311 e. The summed E-state index contributed by atoms with van der Waals surface area (Å²) in [5.41, 5.74) is 1.72. The highest BCUT2D eigenvalue weighted by atomic mass is 32.2. The van der Waals surface area contributed by atoms with Crippen LogP contribution in [0, 0.1) is 0 Å². The second-order valence-corrected chi connectivity index (χ2v) is 4.94. The average Bonchev–Trinajstić information content (AvgIpc) is 2.28. The van der Waals surface area contributed by atoms with Crippen molar-refractivity contribution in [2.45, 2.75) is 25.8 Å². The topological polar surface area (TPSA) is 39.1 Å². The van der Waals surface area contributed by atoms with Gasteiger partial charge in [0.15, 0.2) is 5.78 Å². The molecule has 0 bridgehead atoms. The van der Waals surface area contributed by atoms with Gasteiger partial charge in [0, 0.05) is 36.0 Å². The zero-order valence-corrected chi connectivity index (χ0v) is 10.2. The van der Waals surface area contributed by atoms with Crippen molar-refractivity contribution < 1.29 is 4.79 Å². The zero-order valence-electron chi connectivity index (χ0n) is 9.36. The first-order valence-corrected chi connectivity index (χ1v) is 6.88. The second kappa shape index (κ2) is 4.87. The molecule has 16 heavy (non-hydrogen) atoms. The minimum atomic E-state index is 0.0162. The number of ketones is 1. The van der Waals surface area contributed by atoms with E-state index in [1.165, 1.54) is 6.07 Å². The van der Waals surface area contributed by atoms with Crippen LogP contribution in [0.3, 0.4) is 0 Å². The molecule has 0 amide bonds. The standard InChI is InChI=1S/C12H15NO2S/c1-16-8-7-13-10-3-2-4-11(14)9(10)5-6-12(13)15/h5-6H,2-4,7-8H2,1H3. The van der Waals surface area contributed by atoms with Crippen molar-refractivity contribution in [3.63, 3.8) is 0 Å². The predicted molar refractivity (Wildman–Crippen MR) is 66.4 cm³/mol. The maximum atomic E-state index is 11.7. The fraction of sp³-hybridized carbons (Fsp3) is 0.500. The number of Topliss-reactive ketones (excluding diaryl/α,β-unsaturated/α-hetero) is 1. The van der Waals surface area contributed by atoms with Crippen molar-refractivity contribution in [3.05, 3.63) is 33.7 Å². The number of hydrogen-bond acceptors (Lipinski definition) is 3. The van der Waals surface area contributed by atoms with E-state index in [2.05, 4.69) is 0 Å². The summed E-state index contributed by atoms with van der Waals surface area (Å²) in [7, 11) is 0. The number of aromatic nitrogens is 1. The van der Waals surface area contributed by atoms with Crippen LogP contribution >= 0.6 is 11.8 Å². The molecule has 0 saturated carbocycles. The number of carbonyl (C=O) groups excluding carboxylic acids is 1. The minimum Gasteiger partial charge on any atom is -0.311 e. The van der Waals surface area contributed by atoms with E-state index in [0.29, 0.717) is 13.0 Å². The molecule has 86 valence electrons. The van der Waals surface area contributed by atoms with Gasteiger partial charge in [0.05, 0.1) is 0 Å². The van der Waals surface area contributed by atoms with E-state index in [1.807, 2.05) is 6.26 Å². The lowest BCUT2D eigenvalue weighted by atomic mass is 9.94. The van der Waals surface area contributed by atoms with E-state index >= 15 is 0 Å². The summed E-state index contributed by atoms with van der Waals surface area (Å²) < 4.78 is 1.77. The van der Waals surface area contributed by atoms with Crippen molar-refractivity contribution in [3.8, 4) is 0 Å². The van der Waals surface area contributed by atoms with E-state index in [1.54, 1.807) is 22.4 Å². The van der Waals surface area contributed by atoms with Gasteiger partial charge < -0.3 is 4.57 Å². The maximum Gasteiger partial charge on any atom is 0.250 e. The van der Waals surface area contributed by atoms with Crippen LogP contribution < -0.4 is 5.56 Å². The molecule has 2 rings (SSSR count). The Morgan fingerprint density at radius 3 is 2.88 bits per heavy atom. The molecule has 1 aromatic rings. The van der Waals surface area contributed by atoms with Gasteiger partial charge in [-0.25, -0.2) is 0 Å². The van der Waals surface area contributed by atoms with Gasteiger partial charge in [-0.1, -0.05) is 0 Å². The monoisotopic (exact) mass is 237 g/mol. The molecule has 1 aliphatic rings. The Bertz CT molecular complexity index is 465. The summed E-state index contributed by atoms with van der Waals surface area (Å²) in [4.78, 5) is 23.4. The van der Waals surface area contributed by atoms with Crippen LogP contribution in [0.4, 0.5) is 0 Å². The van der Waals surface area contributed by atoms with E-state index in [0.717, 1.165) is 29.9 Å². The molecular weight excluding hydrogens is 222 g/mol. The first-order valence-electron chi connectivity index (χ1n) is 5.49. The third kappa shape index (κ3) is 2.07. The summed E-state index contributed by atoms with van der Waals surface area (Å²) in [5, 5.41) is 0. The molecule has 0 aromatic carbocycles. The number of carbonyl (C=O) groups is 1. The van der Waals surface area contributed by atoms with Crippen LogP contribution in [0.5, 0.6) is 0 Å². The Hall–Kier alpha value is -1.03. The third-order valence-corrected chi connectivity index (χ3v) is 3.52. The summed E-state index contributed by atoms with van der Waals surface area (Å²) in [6.07, 6.45) is 4.36. The highest BCUT2D eigenvalue weighted by molar-refractivity contribution is 7.98. The molecule has 0 atom stereocenters. The highest BCUT2D eigenvalue weighted by Crippen LogP contribution is 2.19. The molecule has 0 fully saturated rings. The van der Waals surface area contributed by atoms with Crippen molar-refractivity contribution >= 4 is 17.5 Å². The van der Waals surface area contributed by atoms with Gasteiger partial charge >= 0.3 is 0 Å². The molecular formula is C12H15NO2S. The summed E-state index contributed by atoms with van der Waals surface area (Å²) in [6, 6.07) is 3.21. The molecule has 0 unspecified atom stereocenters. The Labute approximate surface area is 98.9 Å². The summed E-state index contributed by atoms with van der Waals surface area (Å²) in [6.45, 7) is 0.705. The van der Waals surface area contributed by atoms with Gasteiger partial charge in [-0.15, -0.1) is 0 Å². The molecule has 1 aromatic heterocycles. The number of hydrogen-bond donors (Lipinski definition) is 0. The summed E-state index contributed by atoms with van der Waals surface area (Å²) in [5.74, 6) is 1.09. The van der Waals surface area contributed by atoms with Gasteiger partial charge in [-0.05, 0) is 25.2 Å². The lowest BCUT2D eigenvalue weighted by Crippen LogP contribution is -2.28. The van der Waals surface area contributed by atoms with Crippen molar-refractivity contribution in [1.82, 2.24) is 4.57 Å².